The van der Waals surface area contributed by atoms with Crippen molar-refractivity contribution in [3.05, 3.63) is 222 Å². The molecule has 0 aromatic heterocycles. The van der Waals surface area contributed by atoms with Crippen LogP contribution in [0.4, 0.5) is 5.69 Å². The first-order valence-corrected chi connectivity index (χ1v) is 16.6. The third-order valence-electron chi connectivity index (χ3n) is 8.77. The quantitative estimate of drug-likeness (QED) is 0.147. The van der Waals surface area contributed by atoms with Gasteiger partial charge >= 0.3 is 0 Å². The summed E-state index contributed by atoms with van der Waals surface area (Å²) in [7, 11) is 0. The first-order valence-electron chi connectivity index (χ1n) is 16.6. The molecule has 0 aliphatic carbocycles. The molecule has 0 radical (unpaired) electrons. The third kappa shape index (κ3) is 7.67. The van der Waals surface area contributed by atoms with E-state index in [1.165, 1.54) is 54.9 Å². The molecule has 1 aliphatic rings. The number of hydrogen-bond acceptors (Lipinski definition) is 2. The predicted octanol–water partition coefficient (Wildman–Crippen LogP) is 12.2. The van der Waals surface area contributed by atoms with Gasteiger partial charge in [-0.1, -0.05) is 170 Å². The predicted molar refractivity (Wildman–Crippen MR) is 213 cm³/mol. The number of anilines is 1. The molecule has 0 spiro atoms. The molecule has 1 aliphatic heterocycles. The molecule has 2 heteroatoms. The molecular weight excluding hydrogens is 593 g/mol. The maximum absolute atomic E-state index is 5.50. The molecule has 7 rings (SSSR count). The molecule has 1 heterocycles. The van der Waals surface area contributed by atoms with Gasteiger partial charge in [-0.25, -0.2) is 0 Å². The van der Waals surface area contributed by atoms with E-state index in [1.807, 2.05) is 0 Å². The molecule has 6 aromatic rings. The Kier molecular flexibility index (Phi) is 10.7. The van der Waals surface area contributed by atoms with Crippen molar-refractivity contribution >= 4 is 45.6 Å². The Morgan fingerprint density at radius 2 is 1.24 bits per heavy atom. The molecule has 0 fully saturated rings. The van der Waals surface area contributed by atoms with Crippen LogP contribution in [-0.4, -0.2) is 6.72 Å². The molecule has 6 aromatic carbocycles. The number of nitrogens with one attached hydrogen (secondary N) is 2. The van der Waals surface area contributed by atoms with Gasteiger partial charge in [-0.15, -0.1) is 0 Å². The average Bonchev–Trinajstić information content (AvgIpc) is 3.17. The normalized spacial score (nSPS) is 16.3. The van der Waals surface area contributed by atoms with Gasteiger partial charge in [0.05, 0.1) is 5.69 Å². The summed E-state index contributed by atoms with van der Waals surface area (Å²) in [6, 6.07) is 47.4. The fourth-order valence-corrected chi connectivity index (χ4v) is 6.47. The van der Waals surface area contributed by atoms with Crippen LogP contribution < -0.4 is 5.32 Å². The Hall–Kier alpha value is -6.25. The van der Waals surface area contributed by atoms with Crippen LogP contribution >= 0.6 is 0 Å². The van der Waals surface area contributed by atoms with Gasteiger partial charge < -0.3 is 10.7 Å². The Morgan fingerprint density at radius 1 is 0.633 bits per heavy atom. The minimum atomic E-state index is 0.797. The van der Waals surface area contributed by atoms with Crippen LogP contribution in [0, 0.1) is 5.41 Å². The van der Waals surface area contributed by atoms with E-state index in [1.54, 1.807) is 0 Å². The van der Waals surface area contributed by atoms with E-state index in [-0.39, 0.29) is 0 Å². The first kappa shape index (κ1) is 32.7. The highest BCUT2D eigenvalue weighted by molar-refractivity contribution is 6.15. The summed E-state index contributed by atoms with van der Waals surface area (Å²) in [4.78, 5) is 0. The summed E-state index contributed by atoms with van der Waals surface area (Å²) in [6.07, 6.45) is 19.0. The Balaban J connectivity index is 0.00000205. The molecule has 0 saturated carbocycles. The highest BCUT2D eigenvalue weighted by atomic mass is 14.8. The standard InChI is InChI=1S/C46H37N.CH3N/c1-34-27-29-36-18-8-9-21-38(36)33-45-43-25-11-10-23-41(43)42-24-12-13-26-44(42)46(45)47-31-15-14-22-39(32-34)40(37-19-6-3-7-20-37)30-28-35-16-4-2-5-17-35;1-2/h2-27,29-32,47H,1,28,33H2;2H,1H2/b22-14-,29-27-,31-15+,39-32+,40-30-;. The van der Waals surface area contributed by atoms with E-state index in [4.69, 9.17) is 5.41 Å². The number of rotatable bonds is 4. The number of hydrogen-bond donors (Lipinski definition) is 2. The van der Waals surface area contributed by atoms with Crippen molar-refractivity contribution in [2.24, 2.45) is 0 Å². The zero-order valence-electron chi connectivity index (χ0n) is 27.6. The van der Waals surface area contributed by atoms with Crippen LogP contribution in [0.5, 0.6) is 0 Å². The lowest BCUT2D eigenvalue weighted by molar-refractivity contribution is 1.21. The molecular formula is C47H40N2. The Bertz CT molecular complexity index is 2230. The van der Waals surface area contributed by atoms with Crippen LogP contribution in [0.15, 0.2) is 194 Å². The van der Waals surface area contributed by atoms with Crippen molar-refractivity contribution in [2.45, 2.75) is 12.8 Å². The van der Waals surface area contributed by atoms with Gasteiger partial charge in [-0.3, -0.25) is 0 Å². The molecule has 2 nitrogen and oxygen atoms in total. The van der Waals surface area contributed by atoms with Crippen molar-refractivity contribution in [1.82, 2.24) is 0 Å². The lowest BCUT2D eigenvalue weighted by atomic mass is 9.90. The summed E-state index contributed by atoms with van der Waals surface area (Å²) in [5.41, 5.74) is 10.6. The molecule has 0 atom stereocenters. The van der Waals surface area contributed by atoms with Crippen LogP contribution in [0.25, 0.3) is 33.2 Å². The largest absolute Gasteiger partial charge is 0.361 e. The topological polar surface area (TPSA) is 35.9 Å². The van der Waals surface area contributed by atoms with Gasteiger partial charge in [-0.2, -0.15) is 0 Å². The van der Waals surface area contributed by atoms with Crippen LogP contribution in [-0.2, 0) is 12.8 Å². The maximum atomic E-state index is 5.50. The summed E-state index contributed by atoms with van der Waals surface area (Å²) < 4.78 is 0. The number of fused-ring (bicyclic) bond motifs is 7. The molecule has 0 unspecified atom stereocenters. The van der Waals surface area contributed by atoms with E-state index in [2.05, 4.69) is 201 Å². The van der Waals surface area contributed by atoms with Crippen LogP contribution in [0.2, 0.25) is 0 Å². The van der Waals surface area contributed by atoms with Crippen molar-refractivity contribution < 1.29 is 0 Å². The summed E-state index contributed by atoms with van der Waals surface area (Å²) >= 11 is 0. The molecule has 0 saturated heterocycles. The van der Waals surface area contributed by atoms with Crippen molar-refractivity contribution in [3.8, 4) is 0 Å². The summed E-state index contributed by atoms with van der Waals surface area (Å²) in [6.45, 7) is 6.98. The monoisotopic (exact) mass is 632 g/mol. The second-order valence-electron chi connectivity index (χ2n) is 11.9. The molecule has 238 valence electrons. The minimum absolute atomic E-state index is 0.797. The number of allylic oxidation sites excluding steroid dienone is 9. The van der Waals surface area contributed by atoms with E-state index in [0.717, 1.165) is 29.7 Å². The molecule has 0 bridgehead atoms. The van der Waals surface area contributed by atoms with E-state index in [9.17, 15) is 0 Å². The summed E-state index contributed by atoms with van der Waals surface area (Å²) in [5.74, 6) is 0. The highest BCUT2D eigenvalue weighted by Gasteiger charge is 2.15. The maximum Gasteiger partial charge on any atom is 0.0501 e. The second-order valence-corrected chi connectivity index (χ2v) is 11.9. The van der Waals surface area contributed by atoms with Gasteiger partial charge in [0.15, 0.2) is 0 Å². The Labute approximate surface area is 290 Å². The lowest BCUT2D eigenvalue weighted by Crippen LogP contribution is -2.01. The minimum Gasteiger partial charge on any atom is -0.361 e. The third-order valence-corrected chi connectivity index (χ3v) is 8.77. The SMILES string of the molecule is C=C1/C=C\c2ccccc2Cc2c(c3ccccc3c3ccccc23)N/C=C/C=C\C(C(=C/Cc2ccccc2)\c2ccccc2)=C/1.C=N. The Morgan fingerprint density at radius 3 is 2.00 bits per heavy atom. The smallest absolute Gasteiger partial charge is 0.0501 e. The van der Waals surface area contributed by atoms with Gasteiger partial charge in [0.2, 0.25) is 0 Å². The number of benzene rings is 6. The van der Waals surface area contributed by atoms with Crippen LogP contribution in [0.1, 0.15) is 27.8 Å². The first-order chi connectivity index (χ1) is 24.2. The van der Waals surface area contributed by atoms with Crippen LogP contribution in [0.3, 0.4) is 0 Å². The molecule has 49 heavy (non-hydrogen) atoms. The van der Waals surface area contributed by atoms with Crippen molar-refractivity contribution in [1.29, 1.82) is 5.41 Å². The molecule has 2 N–H and O–H groups in total. The lowest BCUT2D eigenvalue weighted by Gasteiger charge is -2.18. The fourth-order valence-electron chi connectivity index (χ4n) is 6.47. The van der Waals surface area contributed by atoms with Gasteiger partial charge in [0, 0.05) is 18.0 Å². The van der Waals surface area contributed by atoms with Crippen molar-refractivity contribution in [3.63, 3.8) is 0 Å². The van der Waals surface area contributed by atoms with E-state index in [0.29, 0.717) is 0 Å². The van der Waals surface area contributed by atoms with E-state index >= 15 is 0 Å². The van der Waals surface area contributed by atoms with E-state index < -0.39 is 0 Å². The molecule has 0 amide bonds. The van der Waals surface area contributed by atoms with Gasteiger partial charge in [-0.05, 0) is 86.0 Å². The zero-order valence-corrected chi connectivity index (χ0v) is 27.6. The zero-order chi connectivity index (χ0) is 33.8. The van der Waals surface area contributed by atoms with Crippen molar-refractivity contribution in [2.75, 3.05) is 5.32 Å². The van der Waals surface area contributed by atoms with Gasteiger partial charge in [0.1, 0.15) is 0 Å². The summed E-state index contributed by atoms with van der Waals surface area (Å²) in [5, 5.41) is 14.2. The average molecular weight is 633 g/mol. The highest BCUT2D eigenvalue weighted by Crippen LogP contribution is 2.38. The second kappa shape index (κ2) is 16.0. The van der Waals surface area contributed by atoms with Gasteiger partial charge in [0.25, 0.3) is 0 Å². The fraction of sp³-hybridized carbons (Fsp3) is 0.0426.